The van der Waals surface area contributed by atoms with Crippen molar-refractivity contribution in [2.45, 2.75) is 19.3 Å². The maximum Gasteiger partial charge on any atom is 0.278 e. The van der Waals surface area contributed by atoms with Crippen LogP contribution in [0, 0.1) is 0 Å². The lowest BCUT2D eigenvalue weighted by atomic mass is 10.1. The predicted octanol–water partition coefficient (Wildman–Crippen LogP) is 4.59. The fourth-order valence-corrected chi connectivity index (χ4v) is 3.71. The van der Waals surface area contributed by atoms with Gasteiger partial charge >= 0.3 is 0 Å². The van der Waals surface area contributed by atoms with E-state index in [0.29, 0.717) is 35.6 Å². The zero-order valence-corrected chi connectivity index (χ0v) is 15.1. The van der Waals surface area contributed by atoms with Gasteiger partial charge in [0.1, 0.15) is 6.10 Å². The number of rotatable bonds is 3. The van der Waals surface area contributed by atoms with Crippen LogP contribution in [0.25, 0.3) is 23.0 Å². The molecule has 0 saturated heterocycles. The van der Waals surface area contributed by atoms with E-state index in [1.54, 1.807) is 11.3 Å². The van der Waals surface area contributed by atoms with E-state index < -0.39 is 0 Å². The van der Waals surface area contributed by atoms with Crippen molar-refractivity contribution in [1.82, 2.24) is 19.9 Å². The molecular weight excluding hydrogens is 372 g/mol. The Labute approximate surface area is 158 Å². The Kier molecular flexibility index (Phi) is 3.85. The Hall–Kier alpha value is -2.48. The average molecular weight is 385 g/mol. The fraction of sp³-hybridized carbons (Fsp3) is 0.167. The maximum absolute atomic E-state index is 5.97. The Bertz CT molecular complexity index is 1040. The Morgan fingerprint density at radius 3 is 2.88 bits per heavy atom. The molecule has 0 amide bonds. The average Bonchev–Trinajstić information content (AvgIpc) is 3.40. The largest absolute Gasteiger partial charge is 0.365 e. The number of benzene rings is 1. The van der Waals surface area contributed by atoms with E-state index in [2.05, 4.69) is 15.2 Å². The fourth-order valence-electron chi connectivity index (χ4n) is 2.95. The van der Waals surface area contributed by atoms with Crippen LogP contribution in [0.4, 0.5) is 0 Å². The van der Waals surface area contributed by atoms with Gasteiger partial charge in [0.15, 0.2) is 5.69 Å². The SMILES string of the molecule is Clc1ccc(C2Cn3nc(-c4nc(-c5ccsc5)no4)cc3CO2)cc1. The first-order valence-electron chi connectivity index (χ1n) is 8.07. The van der Waals surface area contributed by atoms with Gasteiger partial charge in [-0.25, -0.2) is 0 Å². The highest BCUT2D eigenvalue weighted by molar-refractivity contribution is 7.08. The highest BCUT2D eigenvalue weighted by Gasteiger charge is 2.24. The lowest BCUT2D eigenvalue weighted by Gasteiger charge is -2.24. The third-order valence-electron chi connectivity index (χ3n) is 4.30. The van der Waals surface area contributed by atoms with Crippen molar-refractivity contribution < 1.29 is 9.26 Å². The molecule has 26 heavy (non-hydrogen) atoms. The van der Waals surface area contributed by atoms with Crippen LogP contribution in [0.5, 0.6) is 0 Å². The number of fused-ring (bicyclic) bond motifs is 1. The third-order valence-corrected chi connectivity index (χ3v) is 5.24. The summed E-state index contributed by atoms with van der Waals surface area (Å²) in [5.41, 5.74) is 3.67. The van der Waals surface area contributed by atoms with Gasteiger partial charge in [0.2, 0.25) is 5.82 Å². The second kappa shape index (κ2) is 6.35. The maximum atomic E-state index is 5.97. The molecule has 3 aromatic heterocycles. The van der Waals surface area contributed by atoms with Crippen LogP contribution in [-0.4, -0.2) is 19.9 Å². The molecule has 130 valence electrons. The molecule has 0 bridgehead atoms. The number of thiophene rings is 1. The van der Waals surface area contributed by atoms with E-state index in [1.807, 2.05) is 51.8 Å². The molecule has 5 rings (SSSR count). The van der Waals surface area contributed by atoms with Gasteiger partial charge in [-0.3, -0.25) is 4.68 Å². The van der Waals surface area contributed by atoms with Crippen molar-refractivity contribution in [3.63, 3.8) is 0 Å². The summed E-state index contributed by atoms with van der Waals surface area (Å²) in [4.78, 5) is 4.45. The second-order valence-corrected chi connectivity index (χ2v) is 7.21. The topological polar surface area (TPSA) is 66.0 Å². The second-order valence-electron chi connectivity index (χ2n) is 5.99. The monoisotopic (exact) mass is 384 g/mol. The van der Waals surface area contributed by atoms with Crippen molar-refractivity contribution in [2.75, 3.05) is 0 Å². The summed E-state index contributed by atoms with van der Waals surface area (Å²) in [6.07, 6.45) is -0.0587. The molecule has 0 N–H and O–H groups in total. The molecule has 1 unspecified atom stereocenters. The van der Waals surface area contributed by atoms with Crippen LogP contribution >= 0.6 is 22.9 Å². The summed E-state index contributed by atoms with van der Waals surface area (Å²) >= 11 is 7.56. The van der Waals surface area contributed by atoms with Crippen molar-refractivity contribution in [3.8, 4) is 23.0 Å². The molecule has 0 spiro atoms. The van der Waals surface area contributed by atoms with Gasteiger partial charge in [0.05, 0.1) is 18.8 Å². The molecule has 8 heteroatoms. The standard InChI is InChI=1S/C18H13ClN4O2S/c19-13-3-1-11(2-4-13)16-8-23-14(9-24-16)7-15(21-23)18-20-17(22-25-18)12-5-6-26-10-12/h1-7,10,16H,8-9H2. The summed E-state index contributed by atoms with van der Waals surface area (Å²) in [5, 5.41) is 13.3. The van der Waals surface area contributed by atoms with E-state index in [-0.39, 0.29) is 6.10 Å². The summed E-state index contributed by atoms with van der Waals surface area (Å²) in [5.74, 6) is 0.985. The smallest absolute Gasteiger partial charge is 0.278 e. The number of aromatic nitrogens is 4. The Balaban J connectivity index is 1.40. The summed E-state index contributed by atoms with van der Waals surface area (Å²) in [6.45, 7) is 1.11. The molecule has 4 heterocycles. The van der Waals surface area contributed by atoms with Gasteiger partial charge in [-0.05, 0) is 35.2 Å². The molecule has 0 radical (unpaired) electrons. The van der Waals surface area contributed by atoms with E-state index in [9.17, 15) is 0 Å². The minimum Gasteiger partial charge on any atom is -0.365 e. The summed E-state index contributed by atoms with van der Waals surface area (Å²) in [7, 11) is 0. The molecule has 1 atom stereocenters. The van der Waals surface area contributed by atoms with E-state index in [1.165, 1.54) is 0 Å². The van der Waals surface area contributed by atoms with Crippen LogP contribution < -0.4 is 0 Å². The number of ether oxygens (including phenoxy) is 1. The molecule has 0 fully saturated rings. The van der Waals surface area contributed by atoms with E-state index >= 15 is 0 Å². The lowest BCUT2D eigenvalue weighted by molar-refractivity contribution is -0.00112. The summed E-state index contributed by atoms with van der Waals surface area (Å²) < 4.78 is 13.3. The van der Waals surface area contributed by atoms with Gasteiger partial charge in [0, 0.05) is 16.0 Å². The van der Waals surface area contributed by atoms with Crippen LogP contribution in [0.3, 0.4) is 0 Å². The van der Waals surface area contributed by atoms with Crippen molar-refractivity contribution >= 4 is 22.9 Å². The van der Waals surface area contributed by atoms with Crippen molar-refractivity contribution in [3.05, 3.63) is 63.4 Å². The first-order chi connectivity index (χ1) is 12.8. The highest BCUT2D eigenvalue weighted by atomic mass is 35.5. The van der Waals surface area contributed by atoms with Gasteiger partial charge < -0.3 is 9.26 Å². The lowest BCUT2D eigenvalue weighted by Crippen LogP contribution is -2.21. The van der Waals surface area contributed by atoms with Crippen molar-refractivity contribution in [1.29, 1.82) is 0 Å². The van der Waals surface area contributed by atoms with Crippen LogP contribution in [0.15, 0.2) is 51.7 Å². The molecule has 1 aromatic carbocycles. The highest BCUT2D eigenvalue weighted by Crippen LogP contribution is 2.30. The van der Waals surface area contributed by atoms with Gasteiger partial charge in [0.25, 0.3) is 5.89 Å². The van der Waals surface area contributed by atoms with E-state index in [0.717, 1.165) is 16.8 Å². The summed E-state index contributed by atoms with van der Waals surface area (Å²) in [6, 6.07) is 11.6. The normalized spacial score (nSPS) is 16.6. The number of nitrogens with zero attached hydrogens (tertiary/aromatic N) is 4. The molecule has 6 nitrogen and oxygen atoms in total. The van der Waals surface area contributed by atoms with Crippen LogP contribution in [0.2, 0.25) is 5.02 Å². The van der Waals surface area contributed by atoms with Crippen molar-refractivity contribution in [2.24, 2.45) is 0 Å². The number of hydrogen-bond donors (Lipinski definition) is 0. The first kappa shape index (κ1) is 15.7. The quantitative estimate of drug-likeness (QED) is 0.517. The molecule has 1 aliphatic heterocycles. The zero-order chi connectivity index (χ0) is 17.5. The zero-order valence-electron chi connectivity index (χ0n) is 13.5. The minimum atomic E-state index is -0.0587. The molecular formula is C18H13ClN4O2S. The Morgan fingerprint density at radius 2 is 2.08 bits per heavy atom. The van der Waals surface area contributed by atoms with Gasteiger partial charge in [-0.2, -0.15) is 21.4 Å². The molecule has 4 aromatic rings. The Morgan fingerprint density at radius 1 is 1.19 bits per heavy atom. The number of hydrogen-bond acceptors (Lipinski definition) is 6. The molecule has 0 aliphatic carbocycles. The third kappa shape index (κ3) is 2.84. The predicted molar refractivity (Wildman–Crippen MR) is 97.8 cm³/mol. The van der Waals surface area contributed by atoms with Crippen LogP contribution in [-0.2, 0) is 17.9 Å². The van der Waals surface area contributed by atoms with E-state index in [4.69, 9.17) is 20.9 Å². The van der Waals surface area contributed by atoms with Gasteiger partial charge in [-0.1, -0.05) is 28.9 Å². The number of halogens is 1. The molecule has 1 aliphatic rings. The molecule has 0 saturated carbocycles. The first-order valence-corrected chi connectivity index (χ1v) is 9.39. The minimum absolute atomic E-state index is 0.0587. The van der Waals surface area contributed by atoms with Gasteiger partial charge in [-0.15, -0.1) is 0 Å². The van der Waals surface area contributed by atoms with Crippen LogP contribution in [0.1, 0.15) is 17.4 Å².